The predicted molar refractivity (Wildman–Crippen MR) is 79.2 cm³/mol. The van der Waals surface area contributed by atoms with E-state index < -0.39 is 5.82 Å². The number of amides is 1. The van der Waals surface area contributed by atoms with Crippen LogP contribution in [0.2, 0.25) is 0 Å². The van der Waals surface area contributed by atoms with Crippen molar-refractivity contribution >= 4 is 21.8 Å². The topological polar surface area (TPSA) is 29.1 Å². The quantitative estimate of drug-likeness (QED) is 0.895. The van der Waals surface area contributed by atoms with Crippen molar-refractivity contribution in [2.24, 2.45) is 0 Å². The number of fused-ring (bicyclic) bond motifs is 1. The Kier molecular flexibility index (Phi) is 3.57. The predicted octanol–water partition coefficient (Wildman–Crippen LogP) is 3.49. The molecule has 1 aliphatic carbocycles. The molecule has 0 atom stereocenters. The van der Waals surface area contributed by atoms with E-state index in [4.69, 9.17) is 0 Å². The van der Waals surface area contributed by atoms with Crippen LogP contribution < -0.4 is 5.32 Å². The molecule has 0 heterocycles. The van der Waals surface area contributed by atoms with Gasteiger partial charge in [-0.15, -0.1) is 0 Å². The molecule has 1 N–H and O–H groups in total. The average molecular weight is 334 g/mol. The molecule has 102 valence electrons. The number of nitrogens with one attached hydrogen (secondary N) is 1. The third-order valence-electron chi connectivity index (χ3n) is 3.58. The molecule has 0 fully saturated rings. The molecule has 2 aromatic carbocycles. The summed E-state index contributed by atoms with van der Waals surface area (Å²) in [6.45, 7) is 0. The molecular formula is C16H13BrFNO. The fraction of sp³-hybridized carbons (Fsp3) is 0.188. The molecule has 0 spiro atoms. The van der Waals surface area contributed by atoms with Gasteiger partial charge < -0.3 is 5.32 Å². The van der Waals surface area contributed by atoms with E-state index in [1.807, 2.05) is 12.1 Å². The highest BCUT2D eigenvalue weighted by molar-refractivity contribution is 9.10. The largest absolute Gasteiger partial charge is 0.349 e. The molecule has 2 aromatic rings. The highest BCUT2D eigenvalue weighted by Gasteiger charge is 2.23. The number of halogens is 2. The molecule has 1 aliphatic rings. The van der Waals surface area contributed by atoms with Gasteiger partial charge in [0.15, 0.2) is 0 Å². The van der Waals surface area contributed by atoms with Gasteiger partial charge in [0.2, 0.25) is 0 Å². The lowest BCUT2D eigenvalue weighted by atomic mass is 10.1. The summed E-state index contributed by atoms with van der Waals surface area (Å²) in [5.41, 5.74) is 2.88. The Hall–Kier alpha value is -1.68. The minimum atomic E-state index is -0.424. The van der Waals surface area contributed by atoms with Crippen LogP contribution >= 0.6 is 15.9 Å². The van der Waals surface area contributed by atoms with Gasteiger partial charge >= 0.3 is 0 Å². The van der Waals surface area contributed by atoms with E-state index in [9.17, 15) is 9.18 Å². The lowest BCUT2D eigenvalue weighted by molar-refractivity contribution is 0.0937. The summed E-state index contributed by atoms with van der Waals surface area (Å²) in [5.74, 6) is -0.665. The number of benzene rings is 2. The van der Waals surface area contributed by atoms with Crippen molar-refractivity contribution in [3.8, 4) is 0 Å². The maximum Gasteiger partial charge on any atom is 0.252 e. The second kappa shape index (κ2) is 5.37. The highest BCUT2D eigenvalue weighted by atomic mass is 79.9. The lowest BCUT2D eigenvalue weighted by Gasteiger charge is -2.13. The zero-order chi connectivity index (χ0) is 14.1. The van der Waals surface area contributed by atoms with Crippen molar-refractivity contribution in [1.29, 1.82) is 0 Å². The van der Waals surface area contributed by atoms with Gasteiger partial charge in [0.05, 0.1) is 10.0 Å². The number of carbonyl (C=O) groups excluding carboxylic acids is 1. The van der Waals surface area contributed by atoms with E-state index in [0.717, 1.165) is 12.8 Å². The van der Waals surface area contributed by atoms with Crippen molar-refractivity contribution in [3.63, 3.8) is 0 Å². The molecule has 20 heavy (non-hydrogen) atoms. The van der Waals surface area contributed by atoms with E-state index in [-0.39, 0.29) is 16.4 Å². The monoisotopic (exact) mass is 333 g/mol. The maximum atomic E-state index is 13.4. The van der Waals surface area contributed by atoms with E-state index in [0.29, 0.717) is 5.56 Å². The molecule has 3 rings (SSSR count). The van der Waals surface area contributed by atoms with Crippen LogP contribution in [0.15, 0.2) is 46.9 Å². The van der Waals surface area contributed by atoms with Gasteiger partial charge in [-0.25, -0.2) is 4.39 Å². The first-order valence-electron chi connectivity index (χ1n) is 6.47. The van der Waals surface area contributed by atoms with Gasteiger partial charge in [0, 0.05) is 6.04 Å². The van der Waals surface area contributed by atoms with Crippen molar-refractivity contribution in [2.75, 3.05) is 0 Å². The second-order valence-corrected chi connectivity index (χ2v) is 5.74. The Morgan fingerprint density at radius 1 is 1.10 bits per heavy atom. The van der Waals surface area contributed by atoms with E-state index >= 15 is 0 Å². The normalized spacial score (nSPS) is 14.1. The van der Waals surface area contributed by atoms with E-state index in [2.05, 4.69) is 33.4 Å². The molecule has 1 amide bonds. The summed E-state index contributed by atoms with van der Waals surface area (Å²) in [4.78, 5) is 12.2. The first kappa shape index (κ1) is 13.3. The molecule has 0 radical (unpaired) electrons. The second-order valence-electron chi connectivity index (χ2n) is 4.95. The number of rotatable bonds is 2. The SMILES string of the molecule is O=C(NC1Cc2ccccc2C1)c1cccc(F)c1Br. The summed E-state index contributed by atoms with van der Waals surface area (Å²) in [6.07, 6.45) is 1.66. The van der Waals surface area contributed by atoms with Gasteiger partial charge in [-0.2, -0.15) is 0 Å². The van der Waals surface area contributed by atoms with Gasteiger partial charge in [0.25, 0.3) is 5.91 Å². The molecule has 0 unspecified atom stereocenters. The molecule has 4 heteroatoms. The molecule has 0 bridgehead atoms. The van der Waals surface area contributed by atoms with Crippen LogP contribution in [0, 0.1) is 5.82 Å². The standard InChI is InChI=1S/C16H13BrFNO/c17-15-13(6-3-7-14(15)18)16(20)19-12-8-10-4-1-2-5-11(10)9-12/h1-7,12H,8-9H2,(H,19,20). The summed E-state index contributed by atoms with van der Waals surface area (Å²) in [6, 6.07) is 12.7. The van der Waals surface area contributed by atoms with Gasteiger partial charge in [0.1, 0.15) is 5.82 Å². The van der Waals surface area contributed by atoms with Crippen molar-refractivity contribution in [3.05, 3.63) is 69.4 Å². The molecule has 0 saturated carbocycles. The third kappa shape index (κ3) is 2.48. The van der Waals surface area contributed by atoms with Crippen LogP contribution in [0.5, 0.6) is 0 Å². The van der Waals surface area contributed by atoms with Gasteiger partial charge in [-0.1, -0.05) is 30.3 Å². The smallest absolute Gasteiger partial charge is 0.252 e. The van der Waals surface area contributed by atoms with Gasteiger partial charge in [-0.05, 0) is 52.0 Å². The minimum Gasteiger partial charge on any atom is -0.349 e. The Labute approximate surface area is 125 Å². The average Bonchev–Trinajstić information content (AvgIpc) is 2.83. The third-order valence-corrected chi connectivity index (χ3v) is 4.39. The summed E-state index contributed by atoms with van der Waals surface area (Å²) >= 11 is 3.12. The van der Waals surface area contributed by atoms with Crippen LogP contribution in [0.3, 0.4) is 0 Å². The van der Waals surface area contributed by atoms with Gasteiger partial charge in [-0.3, -0.25) is 4.79 Å². The fourth-order valence-electron chi connectivity index (χ4n) is 2.60. The highest BCUT2D eigenvalue weighted by Crippen LogP contribution is 2.24. The minimum absolute atomic E-state index is 0.0788. The first-order valence-corrected chi connectivity index (χ1v) is 7.26. The van der Waals surface area contributed by atoms with Crippen LogP contribution in [0.25, 0.3) is 0 Å². The van der Waals surface area contributed by atoms with E-state index in [1.165, 1.54) is 17.2 Å². The zero-order valence-electron chi connectivity index (χ0n) is 10.7. The molecule has 0 saturated heterocycles. The summed E-state index contributed by atoms with van der Waals surface area (Å²) in [5, 5.41) is 2.97. The van der Waals surface area contributed by atoms with Crippen LogP contribution in [0.4, 0.5) is 4.39 Å². The molecule has 0 aromatic heterocycles. The van der Waals surface area contributed by atoms with Crippen LogP contribution in [-0.2, 0) is 12.8 Å². The van der Waals surface area contributed by atoms with E-state index in [1.54, 1.807) is 12.1 Å². The molecule has 2 nitrogen and oxygen atoms in total. The summed E-state index contributed by atoms with van der Waals surface area (Å²) in [7, 11) is 0. The maximum absolute atomic E-state index is 13.4. The Morgan fingerprint density at radius 3 is 2.40 bits per heavy atom. The van der Waals surface area contributed by atoms with Crippen LogP contribution in [-0.4, -0.2) is 11.9 Å². The fourth-order valence-corrected chi connectivity index (χ4v) is 3.05. The summed E-state index contributed by atoms with van der Waals surface area (Å²) < 4.78 is 13.7. The van der Waals surface area contributed by atoms with Crippen molar-refractivity contribution in [2.45, 2.75) is 18.9 Å². The zero-order valence-corrected chi connectivity index (χ0v) is 12.3. The Balaban J connectivity index is 1.74. The Morgan fingerprint density at radius 2 is 1.75 bits per heavy atom. The first-order chi connectivity index (χ1) is 9.65. The lowest BCUT2D eigenvalue weighted by Crippen LogP contribution is -2.35. The number of carbonyl (C=O) groups is 1. The van der Waals surface area contributed by atoms with Crippen molar-refractivity contribution in [1.82, 2.24) is 5.32 Å². The molecular weight excluding hydrogens is 321 g/mol. The van der Waals surface area contributed by atoms with Crippen molar-refractivity contribution < 1.29 is 9.18 Å². The Bertz CT molecular complexity index is 646. The number of hydrogen-bond acceptors (Lipinski definition) is 1. The number of hydrogen-bond donors (Lipinski definition) is 1. The molecule has 0 aliphatic heterocycles. The van der Waals surface area contributed by atoms with Crippen LogP contribution in [0.1, 0.15) is 21.5 Å².